The van der Waals surface area contributed by atoms with E-state index in [9.17, 15) is 0 Å². The van der Waals surface area contributed by atoms with Gasteiger partial charge in [-0.3, -0.25) is 0 Å². The molecule has 6 N–H and O–H groups in total. The number of hydrogen-bond acceptors (Lipinski definition) is 7. The van der Waals surface area contributed by atoms with Crippen LogP contribution in [0.5, 0.6) is 0 Å². The van der Waals surface area contributed by atoms with E-state index in [4.69, 9.17) is 35.4 Å². The van der Waals surface area contributed by atoms with Gasteiger partial charge < -0.3 is 35.4 Å². The Morgan fingerprint density at radius 1 is 0.632 bits per heavy atom. The van der Waals surface area contributed by atoms with Crippen molar-refractivity contribution < 1.29 is 35.4 Å². The third kappa shape index (κ3) is 20.2. The van der Waals surface area contributed by atoms with E-state index in [2.05, 4.69) is 0 Å². The van der Waals surface area contributed by atoms with Crippen LogP contribution in [0.2, 0.25) is 0 Å². The van der Waals surface area contributed by atoms with Gasteiger partial charge in [-0.1, -0.05) is 12.8 Å². The molecule has 0 aliphatic heterocycles. The van der Waals surface area contributed by atoms with E-state index in [0.717, 1.165) is 25.7 Å². The maximum atomic E-state index is 8.72. The zero-order valence-electron chi connectivity index (χ0n) is 11.3. The van der Waals surface area contributed by atoms with Gasteiger partial charge in [0.15, 0.2) is 0 Å². The van der Waals surface area contributed by atoms with Crippen molar-refractivity contribution in [1.29, 1.82) is 0 Å². The molecule has 0 aromatic heterocycles. The first-order chi connectivity index (χ1) is 9.12. The molecule has 19 heavy (non-hydrogen) atoms. The summed E-state index contributed by atoms with van der Waals surface area (Å²) in [7, 11) is 0. The van der Waals surface area contributed by atoms with Gasteiger partial charge in [-0.2, -0.15) is 0 Å². The van der Waals surface area contributed by atoms with Gasteiger partial charge in [-0.25, -0.2) is 0 Å². The van der Waals surface area contributed by atoms with Gasteiger partial charge in [0.05, 0.1) is 26.4 Å². The Morgan fingerprint density at radius 3 is 1.26 bits per heavy atom. The quantitative estimate of drug-likeness (QED) is 0.248. The minimum absolute atomic E-state index is 0.0342. The fraction of sp³-hybridized carbons (Fsp3) is 1.00. The number of hydrogen-bond donors (Lipinski definition) is 6. The molecule has 0 radical (unpaired) electrons. The number of rotatable bonds is 11. The second-order valence-electron chi connectivity index (χ2n) is 4.07. The summed E-state index contributed by atoms with van der Waals surface area (Å²) in [6.45, 7) is -0.234. The Bertz CT molecular complexity index is 141. The minimum Gasteiger partial charge on any atom is -0.396 e. The lowest BCUT2D eigenvalue weighted by atomic mass is 10.2. The average molecular weight is 284 g/mol. The molecular weight excluding hydrogens is 256 g/mol. The first-order valence-corrected chi connectivity index (χ1v) is 6.49. The first kappa shape index (κ1) is 21.0. The molecule has 0 fully saturated rings. The van der Waals surface area contributed by atoms with Crippen molar-refractivity contribution in [3.63, 3.8) is 0 Å². The molecule has 7 heteroatoms. The molecule has 0 amide bonds. The SMILES string of the molecule is OCC(O)COCC(O)CO.OCCCCCCO. The van der Waals surface area contributed by atoms with Gasteiger partial charge in [-0.15, -0.1) is 0 Å². The number of unbranched alkanes of at least 4 members (excludes halogenated alkanes) is 3. The molecule has 0 saturated heterocycles. The molecule has 2 unspecified atom stereocenters. The zero-order valence-corrected chi connectivity index (χ0v) is 11.3. The third-order valence-electron chi connectivity index (χ3n) is 2.11. The van der Waals surface area contributed by atoms with Crippen LogP contribution in [0.3, 0.4) is 0 Å². The second kappa shape index (κ2) is 17.7. The van der Waals surface area contributed by atoms with Crippen LogP contribution in [0.15, 0.2) is 0 Å². The highest BCUT2D eigenvalue weighted by Crippen LogP contribution is 1.96. The summed E-state index contributed by atoms with van der Waals surface area (Å²) in [5.41, 5.74) is 0. The zero-order chi connectivity index (χ0) is 14.9. The first-order valence-electron chi connectivity index (χ1n) is 6.49. The summed E-state index contributed by atoms with van der Waals surface area (Å²) in [5, 5.41) is 50.7. The van der Waals surface area contributed by atoms with Crippen molar-refractivity contribution in [1.82, 2.24) is 0 Å². The summed E-state index contributed by atoms with van der Waals surface area (Å²) in [4.78, 5) is 0. The molecule has 0 spiro atoms. The summed E-state index contributed by atoms with van der Waals surface area (Å²) in [6.07, 6.45) is 2.00. The Balaban J connectivity index is 0. The second-order valence-corrected chi connectivity index (χ2v) is 4.07. The Morgan fingerprint density at radius 2 is 1.00 bits per heavy atom. The van der Waals surface area contributed by atoms with Crippen LogP contribution in [0.4, 0.5) is 0 Å². The van der Waals surface area contributed by atoms with Gasteiger partial charge in [0.2, 0.25) is 0 Å². The van der Waals surface area contributed by atoms with Crippen LogP contribution in [0.1, 0.15) is 25.7 Å². The predicted octanol–water partition coefficient (Wildman–Crippen LogP) is -1.76. The van der Waals surface area contributed by atoms with E-state index >= 15 is 0 Å². The van der Waals surface area contributed by atoms with Gasteiger partial charge in [0, 0.05) is 13.2 Å². The smallest absolute Gasteiger partial charge is 0.100 e. The van der Waals surface area contributed by atoms with Crippen molar-refractivity contribution in [2.75, 3.05) is 39.6 Å². The van der Waals surface area contributed by atoms with Gasteiger partial charge in [0.1, 0.15) is 12.2 Å². The molecule has 0 bridgehead atoms. The number of aliphatic hydroxyl groups excluding tert-OH is 6. The van der Waals surface area contributed by atoms with Gasteiger partial charge in [-0.05, 0) is 12.8 Å². The molecule has 118 valence electrons. The molecule has 0 aliphatic carbocycles. The summed E-state index contributed by atoms with van der Waals surface area (Å²) >= 11 is 0. The van der Waals surface area contributed by atoms with Crippen LogP contribution < -0.4 is 0 Å². The maximum Gasteiger partial charge on any atom is 0.100 e. The molecule has 0 rings (SSSR count). The Kier molecular flexibility index (Phi) is 19.6. The van der Waals surface area contributed by atoms with E-state index in [1.807, 2.05) is 0 Å². The largest absolute Gasteiger partial charge is 0.396 e. The molecule has 0 aromatic rings. The number of ether oxygens (including phenoxy) is 1. The molecule has 0 aliphatic rings. The summed E-state index contributed by atoms with van der Waals surface area (Å²) in [5.74, 6) is 0. The van der Waals surface area contributed by atoms with Gasteiger partial charge >= 0.3 is 0 Å². The van der Waals surface area contributed by atoms with Crippen LogP contribution in [-0.4, -0.2) is 82.5 Å². The van der Waals surface area contributed by atoms with Crippen molar-refractivity contribution in [2.24, 2.45) is 0 Å². The normalized spacial score (nSPS) is 13.6. The van der Waals surface area contributed by atoms with Crippen LogP contribution >= 0.6 is 0 Å². The van der Waals surface area contributed by atoms with E-state index < -0.39 is 12.2 Å². The highest BCUT2D eigenvalue weighted by atomic mass is 16.5. The fourth-order valence-electron chi connectivity index (χ4n) is 1.02. The van der Waals surface area contributed by atoms with Crippen molar-refractivity contribution in [3.05, 3.63) is 0 Å². The molecule has 7 nitrogen and oxygen atoms in total. The van der Waals surface area contributed by atoms with Crippen LogP contribution in [-0.2, 0) is 4.74 Å². The lowest BCUT2D eigenvalue weighted by Crippen LogP contribution is -2.25. The summed E-state index contributed by atoms with van der Waals surface area (Å²) in [6, 6.07) is 0. The minimum atomic E-state index is -0.916. The third-order valence-corrected chi connectivity index (χ3v) is 2.11. The lowest BCUT2D eigenvalue weighted by Gasteiger charge is -2.10. The monoisotopic (exact) mass is 284 g/mol. The standard InChI is InChI=1S/C6H14O5.C6H14O2/c7-1-5(9)3-11-4-6(10)2-8;7-5-3-1-2-4-6-8/h5-10H,1-4H2;7-8H,1-6H2. The van der Waals surface area contributed by atoms with E-state index in [1.54, 1.807) is 0 Å². The molecular formula is C12H28O7. The van der Waals surface area contributed by atoms with Crippen molar-refractivity contribution in [3.8, 4) is 0 Å². The van der Waals surface area contributed by atoms with Crippen molar-refractivity contribution >= 4 is 0 Å². The molecule has 2 atom stereocenters. The molecule has 0 heterocycles. The van der Waals surface area contributed by atoms with E-state index in [-0.39, 0.29) is 39.6 Å². The van der Waals surface area contributed by atoms with E-state index in [0.29, 0.717) is 0 Å². The maximum absolute atomic E-state index is 8.72. The highest BCUT2D eigenvalue weighted by Gasteiger charge is 2.04. The summed E-state index contributed by atoms with van der Waals surface area (Å²) < 4.78 is 4.72. The van der Waals surface area contributed by atoms with Crippen molar-refractivity contribution in [2.45, 2.75) is 37.9 Å². The Labute approximate surface area is 114 Å². The fourth-order valence-corrected chi connectivity index (χ4v) is 1.02. The Hall–Kier alpha value is -0.280. The molecule has 0 saturated carbocycles. The van der Waals surface area contributed by atoms with E-state index in [1.165, 1.54) is 0 Å². The lowest BCUT2D eigenvalue weighted by molar-refractivity contribution is -0.0364. The highest BCUT2D eigenvalue weighted by molar-refractivity contribution is 4.52. The van der Waals surface area contributed by atoms with Crippen LogP contribution in [0.25, 0.3) is 0 Å². The van der Waals surface area contributed by atoms with Crippen LogP contribution in [0, 0.1) is 0 Å². The predicted molar refractivity (Wildman–Crippen MR) is 69.6 cm³/mol. The molecule has 0 aromatic carbocycles. The topological polar surface area (TPSA) is 131 Å². The number of aliphatic hydroxyl groups is 6. The van der Waals surface area contributed by atoms with Gasteiger partial charge in [0.25, 0.3) is 0 Å². The average Bonchev–Trinajstić information content (AvgIpc) is 2.44.